The maximum Gasteiger partial charge on any atom is 0.256 e. The van der Waals surface area contributed by atoms with Crippen LogP contribution in [0.25, 0.3) is 0 Å². The van der Waals surface area contributed by atoms with Crippen molar-refractivity contribution in [2.24, 2.45) is 5.92 Å². The van der Waals surface area contributed by atoms with Crippen molar-refractivity contribution in [1.82, 2.24) is 15.5 Å². The summed E-state index contributed by atoms with van der Waals surface area (Å²) in [6.45, 7) is 2.54. The zero-order valence-electron chi connectivity index (χ0n) is 14.5. The van der Waals surface area contributed by atoms with Crippen molar-refractivity contribution < 1.29 is 14.0 Å². The number of carbonyl (C=O) groups excluding carboxylic acids is 2. The molecule has 0 saturated carbocycles. The number of nitrogens with one attached hydrogen (secondary N) is 2. The number of hydrogen-bond donors (Lipinski definition) is 2. The standard InChI is InChI=1S/C18H23ClFN3O2.ClH/c19-14-6-1-5-13(16(14)20)18(25)23-9-3-4-12(11-23)10-22-17(24)15-7-2-8-21-15;/h1,5-6,12,15,21H,2-4,7-11H2,(H,22,24);1H. The Morgan fingerprint density at radius 3 is 2.85 bits per heavy atom. The molecule has 0 spiro atoms. The van der Waals surface area contributed by atoms with Crippen LogP contribution in [0.1, 0.15) is 36.0 Å². The van der Waals surface area contributed by atoms with Crippen LogP contribution in [-0.4, -0.2) is 48.9 Å². The van der Waals surface area contributed by atoms with Crippen molar-refractivity contribution in [3.8, 4) is 0 Å². The summed E-state index contributed by atoms with van der Waals surface area (Å²) >= 11 is 5.77. The Hall–Kier alpha value is -1.37. The van der Waals surface area contributed by atoms with E-state index in [1.54, 1.807) is 11.0 Å². The fourth-order valence-electron chi connectivity index (χ4n) is 3.53. The van der Waals surface area contributed by atoms with E-state index in [1.807, 2.05) is 0 Å². The molecule has 3 rings (SSSR count). The molecule has 2 unspecified atom stereocenters. The summed E-state index contributed by atoms with van der Waals surface area (Å²) in [4.78, 5) is 26.3. The second kappa shape index (κ2) is 9.53. The molecular formula is C18H24Cl2FN3O2. The third-order valence-electron chi connectivity index (χ3n) is 4.93. The maximum absolute atomic E-state index is 14.1. The lowest BCUT2D eigenvalue weighted by Gasteiger charge is -2.33. The smallest absolute Gasteiger partial charge is 0.256 e. The monoisotopic (exact) mass is 403 g/mol. The Balaban J connectivity index is 0.00000243. The molecule has 0 aromatic heterocycles. The van der Waals surface area contributed by atoms with Crippen molar-refractivity contribution in [3.63, 3.8) is 0 Å². The topological polar surface area (TPSA) is 61.4 Å². The molecule has 2 aliphatic rings. The first kappa shape index (κ1) is 20.9. The van der Waals surface area contributed by atoms with Gasteiger partial charge < -0.3 is 15.5 Å². The number of amides is 2. The third kappa shape index (κ3) is 4.87. The summed E-state index contributed by atoms with van der Waals surface area (Å²) in [7, 11) is 0. The molecular weight excluding hydrogens is 380 g/mol. The fourth-order valence-corrected chi connectivity index (χ4v) is 3.71. The molecule has 2 N–H and O–H groups in total. The van der Waals surface area contributed by atoms with Crippen molar-refractivity contribution >= 4 is 35.8 Å². The second-order valence-corrected chi connectivity index (χ2v) is 7.16. The number of piperidine rings is 1. The van der Waals surface area contributed by atoms with E-state index in [9.17, 15) is 14.0 Å². The first-order valence-corrected chi connectivity index (χ1v) is 9.18. The molecule has 0 radical (unpaired) electrons. The Morgan fingerprint density at radius 2 is 2.12 bits per heavy atom. The number of carbonyl (C=O) groups is 2. The Kier molecular flexibility index (Phi) is 7.68. The Morgan fingerprint density at radius 1 is 1.31 bits per heavy atom. The molecule has 0 aliphatic carbocycles. The van der Waals surface area contributed by atoms with Crippen molar-refractivity contribution in [1.29, 1.82) is 0 Å². The van der Waals surface area contributed by atoms with Gasteiger partial charge in [0.15, 0.2) is 5.82 Å². The zero-order valence-corrected chi connectivity index (χ0v) is 16.0. The highest BCUT2D eigenvalue weighted by molar-refractivity contribution is 6.31. The molecule has 2 aliphatic heterocycles. The zero-order chi connectivity index (χ0) is 17.8. The van der Waals surface area contributed by atoms with E-state index >= 15 is 0 Å². The molecule has 1 aromatic rings. The van der Waals surface area contributed by atoms with E-state index in [4.69, 9.17) is 11.6 Å². The van der Waals surface area contributed by atoms with Crippen LogP contribution in [0, 0.1) is 11.7 Å². The van der Waals surface area contributed by atoms with E-state index in [-0.39, 0.29) is 46.8 Å². The second-order valence-electron chi connectivity index (χ2n) is 6.75. The van der Waals surface area contributed by atoms with E-state index in [0.717, 1.165) is 32.2 Å². The third-order valence-corrected chi connectivity index (χ3v) is 5.22. The molecule has 2 amide bonds. The summed E-state index contributed by atoms with van der Waals surface area (Å²) < 4.78 is 14.1. The minimum absolute atomic E-state index is 0. The number of benzene rings is 1. The minimum atomic E-state index is -0.670. The van der Waals surface area contributed by atoms with E-state index in [0.29, 0.717) is 19.6 Å². The van der Waals surface area contributed by atoms with Crippen LogP contribution in [0.4, 0.5) is 4.39 Å². The molecule has 1 aromatic carbocycles. The van der Waals surface area contributed by atoms with Gasteiger partial charge in [-0.15, -0.1) is 12.4 Å². The van der Waals surface area contributed by atoms with Gasteiger partial charge in [0.2, 0.25) is 5.91 Å². The average molecular weight is 404 g/mol. The van der Waals surface area contributed by atoms with Gasteiger partial charge in [0.25, 0.3) is 5.91 Å². The Labute approximate surface area is 164 Å². The van der Waals surface area contributed by atoms with Crippen LogP contribution in [0.3, 0.4) is 0 Å². The number of likely N-dealkylation sites (tertiary alicyclic amines) is 1. The molecule has 144 valence electrons. The van der Waals surface area contributed by atoms with Gasteiger partial charge in [-0.3, -0.25) is 9.59 Å². The van der Waals surface area contributed by atoms with Gasteiger partial charge in [0, 0.05) is 19.6 Å². The summed E-state index contributed by atoms with van der Waals surface area (Å²) in [6.07, 6.45) is 3.68. The van der Waals surface area contributed by atoms with Gasteiger partial charge in [0.05, 0.1) is 16.6 Å². The highest BCUT2D eigenvalue weighted by Crippen LogP contribution is 2.22. The quantitative estimate of drug-likeness (QED) is 0.811. The summed E-state index contributed by atoms with van der Waals surface area (Å²) in [5.41, 5.74) is 0.00680. The summed E-state index contributed by atoms with van der Waals surface area (Å²) in [5.74, 6) is -0.794. The lowest BCUT2D eigenvalue weighted by molar-refractivity contribution is -0.123. The lowest BCUT2D eigenvalue weighted by Crippen LogP contribution is -2.46. The molecule has 2 heterocycles. The van der Waals surface area contributed by atoms with Gasteiger partial charge >= 0.3 is 0 Å². The molecule has 2 atom stereocenters. The Bertz CT molecular complexity index is 653. The molecule has 2 fully saturated rings. The van der Waals surface area contributed by atoms with E-state index < -0.39 is 5.82 Å². The summed E-state index contributed by atoms with van der Waals surface area (Å²) in [5, 5.41) is 6.11. The highest BCUT2D eigenvalue weighted by atomic mass is 35.5. The maximum atomic E-state index is 14.1. The predicted octanol–water partition coefficient (Wildman–Crippen LogP) is 2.62. The first-order valence-electron chi connectivity index (χ1n) is 8.80. The normalized spacial score (nSPS) is 22.6. The van der Waals surface area contributed by atoms with Crippen LogP contribution in [0.5, 0.6) is 0 Å². The van der Waals surface area contributed by atoms with Crippen molar-refractivity contribution in [2.45, 2.75) is 31.7 Å². The fraction of sp³-hybridized carbons (Fsp3) is 0.556. The lowest BCUT2D eigenvalue weighted by atomic mass is 9.97. The van der Waals surface area contributed by atoms with E-state index in [1.165, 1.54) is 12.1 Å². The van der Waals surface area contributed by atoms with Gasteiger partial charge in [-0.25, -0.2) is 4.39 Å². The van der Waals surface area contributed by atoms with Crippen LogP contribution in [0.15, 0.2) is 18.2 Å². The highest BCUT2D eigenvalue weighted by Gasteiger charge is 2.28. The minimum Gasteiger partial charge on any atom is -0.354 e. The van der Waals surface area contributed by atoms with E-state index in [2.05, 4.69) is 10.6 Å². The van der Waals surface area contributed by atoms with Crippen LogP contribution in [0.2, 0.25) is 5.02 Å². The van der Waals surface area contributed by atoms with Crippen LogP contribution >= 0.6 is 24.0 Å². The SMILES string of the molecule is Cl.O=C(NCC1CCCN(C(=O)c2cccc(Cl)c2F)C1)C1CCCN1. The van der Waals surface area contributed by atoms with Crippen molar-refractivity contribution in [2.75, 3.05) is 26.2 Å². The van der Waals surface area contributed by atoms with Crippen molar-refractivity contribution in [3.05, 3.63) is 34.6 Å². The molecule has 26 heavy (non-hydrogen) atoms. The van der Waals surface area contributed by atoms with Crippen LogP contribution < -0.4 is 10.6 Å². The number of rotatable bonds is 4. The predicted molar refractivity (Wildman–Crippen MR) is 101 cm³/mol. The summed E-state index contributed by atoms with van der Waals surface area (Å²) in [6, 6.07) is 4.37. The largest absolute Gasteiger partial charge is 0.354 e. The number of hydrogen-bond acceptors (Lipinski definition) is 3. The van der Waals surface area contributed by atoms with Gasteiger partial charge in [-0.2, -0.15) is 0 Å². The first-order chi connectivity index (χ1) is 12.1. The van der Waals surface area contributed by atoms with Gasteiger partial charge in [0.1, 0.15) is 0 Å². The van der Waals surface area contributed by atoms with Gasteiger partial charge in [-0.1, -0.05) is 17.7 Å². The van der Waals surface area contributed by atoms with Crippen LogP contribution in [-0.2, 0) is 4.79 Å². The number of halogens is 3. The number of nitrogens with zero attached hydrogens (tertiary/aromatic N) is 1. The average Bonchev–Trinajstić information content (AvgIpc) is 3.16. The molecule has 8 heteroatoms. The molecule has 0 bridgehead atoms. The molecule has 5 nitrogen and oxygen atoms in total. The van der Waals surface area contributed by atoms with Gasteiger partial charge in [-0.05, 0) is 50.3 Å². The molecule has 2 saturated heterocycles.